The van der Waals surface area contributed by atoms with E-state index in [-0.39, 0.29) is 12.7 Å². The topological polar surface area (TPSA) is 47.6 Å². The van der Waals surface area contributed by atoms with Gasteiger partial charge in [0.2, 0.25) is 12.7 Å². The molecular weight excluding hydrogens is 230 g/mol. The van der Waals surface area contributed by atoms with E-state index in [9.17, 15) is 4.79 Å². The smallest absolute Gasteiger partial charge is 0.231 e. The van der Waals surface area contributed by atoms with Crippen LogP contribution in [0.5, 0.6) is 11.5 Å². The summed E-state index contributed by atoms with van der Waals surface area (Å²) in [6.07, 6.45) is 0.301. The molecule has 16 heavy (non-hydrogen) atoms. The van der Waals surface area contributed by atoms with Crippen LogP contribution in [0.15, 0.2) is 12.1 Å². The minimum atomic E-state index is -0.100. The normalized spacial score (nSPS) is 12.6. The number of hydrogen-bond donors (Lipinski definition) is 1. The second kappa shape index (κ2) is 4.61. The minimum absolute atomic E-state index is 0.100. The van der Waals surface area contributed by atoms with Crippen molar-refractivity contribution in [1.29, 1.82) is 0 Å². The molecule has 4 nitrogen and oxygen atoms in total. The van der Waals surface area contributed by atoms with Crippen LogP contribution < -0.4 is 14.8 Å². The number of aryl methyl sites for hydroxylation is 1. The van der Waals surface area contributed by atoms with Crippen LogP contribution in [-0.4, -0.2) is 18.6 Å². The quantitative estimate of drug-likeness (QED) is 0.826. The lowest BCUT2D eigenvalue weighted by Gasteiger charge is -2.08. The number of benzene rings is 1. The van der Waals surface area contributed by atoms with Crippen LogP contribution in [-0.2, 0) is 4.79 Å². The van der Waals surface area contributed by atoms with Crippen LogP contribution >= 0.6 is 11.6 Å². The van der Waals surface area contributed by atoms with Crippen molar-refractivity contribution >= 4 is 23.2 Å². The molecule has 0 radical (unpaired) electrons. The largest absolute Gasteiger partial charge is 0.454 e. The van der Waals surface area contributed by atoms with Crippen molar-refractivity contribution in [2.24, 2.45) is 0 Å². The molecule has 86 valence electrons. The van der Waals surface area contributed by atoms with Gasteiger partial charge in [-0.25, -0.2) is 0 Å². The first-order valence-electron chi connectivity index (χ1n) is 4.97. The standard InChI is InChI=1S/C11H12ClNO3/c1-7-4-9-10(16-6-15-9)5-8(7)13-11(14)2-3-12/h4-5H,2-3,6H2,1H3,(H,13,14). The summed E-state index contributed by atoms with van der Waals surface area (Å²) in [5.41, 5.74) is 1.67. The molecule has 1 aromatic carbocycles. The summed E-state index contributed by atoms with van der Waals surface area (Å²) in [7, 11) is 0. The second-order valence-corrected chi connectivity index (χ2v) is 3.89. The molecule has 1 N–H and O–H groups in total. The van der Waals surface area contributed by atoms with E-state index in [1.54, 1.807) is 6.07 Å². The fraction of sp³-hybridized carbons (Fsp3) is 0.364. The molecule has 1 aliphatic rings. The van der Waals surface area contributed by atoms with Crippen molar-refractivity contribution < 1.29 is 14.3 Å². The Labute approximate surface area is 98.5 Å². The average molecular weight is 242 g/mol. The van der Waals surface area contributed by atoms with Gasteiger partial charge in [-0.3, -0.25) is 4.79 Å². The maximum Gasteiger partial charge on any atom is 0.231 e. The molecule has 2 rings (SSSR count). The SMILES string of the molecule is Cc1cc2c(cc1NC(=O)CCCl)OCO2. The van der Waals surface area contributed by atoms with Crippen molar-refractivity contribution in [3.63, 3.8) is 0 Å². The third-order valence-electron chi connectivity index (χ3n) is 2.32. The van der Waals surface area contributed by atoms with E-state index in [0.29, 0.717) is 23.8 Å². The number of rotatable bonds is 3. The van der Waals surface area contributed by atoms with Gasteiger partial charge in [0.25, 0.3) is 0 Å². The zero-order valence-corrected chi connectivity index (χ0v) is 9.63. The molecule has 0 spiro atoms. The molecule has 0 saturated heterocycles. The Morgan fingerprint density at radius 2 is 2.12 bits per heavy atom. The number of carbonyl (C=O) groups excluding carboxylic acids is 1. The molecule has 1 heterocycles. The van der Waals surface area contributed by atoms with Crippen LogP contribution in [0.3, 0.4) is 0 Å². The zero-order valence-electron chi connectivity index (χ0n) is 8.88. The highest BCUT2D eigenvalue weighted by Gasteiger charge is 2.16. The molecular formula is C11H12ClNO3. The van der Waals surface area contributed by atoms with Crippen LogP contribution in [0.4, 0.5) is 5.69 Å². The van der Waals surface area contributed by atoms with E-state index < -0.39 is 0 Å². The fourth-order valence-electron chi connectivity index (χ4n) is 1.48. The first-order chi connectivity index (χ1) is 7.70. The first kappa shape index (κ1) is 11.1. The Morgan fingerprint density at radius 3 is 2.81 bits per heavy atom. The predicted molar refractivity (Wildman–Crippen MR) is 61.3 cm³/mol. The summed E-state index contributed by atoms with van der Waals surface area (Å²) in [6.45, 7) is 2.13. The Kier molecular flexibility index (Phi) is 3.19. The number of anilines is 1. The highest BCUT2D eigenvalue weighted by molar-refractivity contribution is 6.19. The number of hydrogen-bond acceptors (Lipinski definition) is 3. The van der Waals surface area contributed by atoms with Crippen LogP contribution in [0.1, 0.15) is 12.0 Å². The summed E-state index contributed by atoms with van der Waals surface area (Å²) >= 11 is 5.49. The Bertz CT molecular complexity index is 420. The fourth-order valence-corrected chi connectivity index (χ4v) is 1.65. The summed E-state index contributed by atoms with van der Waals surface area (Å²) in [5, 5.41) is 2.78. The van der Waals surface area contributed by atoms with Gasteiger partial charge in [0, 0.05) is 24.1 Å². The number of fused-ring (bicyclic) bond motifs is 1. The number of nitrogens with one attached hydrogen (secondary N) is 1. The molecule has 0 saturated carbocycles. The highest BCUT2D eigenvalue weighted by Crippen LogP contribution is 2.36. The first-order valence-corrected chi connectivity index (χ1v) is 5.50. The van der Waals surface area contributed by atoms with E-state index in [1.807, 2.05) is 13.0 Å². The van der Waals surface area contributed by atoms with Crippen molar-refractivity contribution in [3.8, 4) is 11.5 Å². The molecule has 1 aromatic rings. The van der Waals surface area contributed by atoms with E-state index in [2.05, 4.69) is 5.32 Å². The molecule has 0 aromatic heterocycles. The van der Waals surface area contributed by atoms with Gasteiger partial charge < -0.3 is 14.8 Å². The van der Waals surface area contributed by atoms with E-state index in [0.717, 1.165) is 11.3 Å². The van der Waals surface area contributed by atoms with Gasteiger partial charge in [0.1, 0.15) is 0 Å². The third-order valence-corrected chi connectivity index (χ3v) is 2.50. The van der Waals surface area contributed by atoms with Crippen molar-refractivity contribution in [3.05, 3.63) is 17.7 Å². The van der Waals surface area contributed by atoms with E-state index in [1.165, 1.54) is 0 Å². The monoisotopic (exact) mass is 241 g/mol. The van der Waals surface area contributed by atoms with Crippen LogP contribution in [0.25, 0.3) is 0 Å². The maximum atomic E-state index is 11.4. The van der Waals surface area contributed by atoms with Gasteiger partial charge in [0.05, 0.1) is 0 Å². The summed E-state index contributed by atoms with van der Waals surface area (Å²) in [4.78, 5) is 11.4. The van der Waals surface area contributed by atoms with Crippen LogP contribution in [0.2, 0.25) is 0 Å². The minimum Gasteiger partial charge on any atom is -0.454 e. The number of alkyl halides is 1. The Balaban J connectivity index is 2.18. The number of halogens is 1. The number of carbonyl (C=O) groups is 1. The van der Waals surface area contributed by atoms with Gasteiger partial charge >= 0.3 is 0 Å². The molecule has 0 fully saturated rings. The number of amides is 1. The summed E-state index contributed by atoms with van der Waals surface area (Å²) in [6, 6.07) is 3.61. The molecule has 5 heteroatoms. The van der Waals surface area contributed by atoms with Gasteiger partial charge in [0.15, 0.2) is 11.5 Å². The van der Waals surface area contributed by atoms with E-state index >= 15 is 0 Å². The Morgan fingerprint density at radius 1 is 1.44 bits per heavy atom. The third kappa shape index (κ3) is 2.22. The predicted octanol–water partition coefficient (Wildman–Crippen LogP) is 2.29. The summed E-state index contributed by atoms with van der Waals surface area (Å²) < 4.78 is 10.5. The molecule has 1 amide bonds. The molecule has 1 aliphatic heterocycles. The zero-order chi connectivity index (χ0) is 11.5. The lowest BCUT2D eigenvalue weighted by Crippen LogP contribution is -2.12. The van der Waals surface area contributed by atoms with Gasteiger partial charge in [-0.1, -0.05) is 0 Å². The lowest BCUT2D eigenvalue weighted by molar-refractivity contribution is -0.115. The highest BCUT2D eigenvalue weighted by atomic mass is 35.5. The lowest BCUT2D eigenvalue weighted by atomic mass is 10.1. The number of ether oxygens (including phenoxy) is 2. The molecule has 0 aliphatic carbocycles. The average Bonchev–Trinajstić information content (AvgIpc) is 2.65. The second-order valence-electron chi connectivity index (χ2n) is 3.51. The van der Waals surface area contributed by atoms with Gasteiger partial charge in [-0.15, -0.1) is 11.6 Å². The van der Waals surface area contributed by atoms with Crippen molar-refractivity contribution in [2.75, 3.05) is 18.0 Å². The maximum absolute atomic E-state index is 11.4. The molecule has 0 bridgehead atoms. The summed E-state index contributed by atoms with van der Waals surface area (Å²) in [5.74, 6) is 1.59. The van der Waals surface area contributed by atoms with E-state index in [4.69, 9.17) is 21.1 Å². The molecule has 0 atom stereocenters. The van der Waals surface area contributed by atoms with Crippen molar-refractivity contribution in [2.45, 2.75) is 13.3 Å². The molecule has 0 unspecified atom stereocenters. The van der Waals surface area contributed by atoms with Crippen LogP contribution in [0, 0.1) is 6.92 Å². The van der Waals surface area contributed by atoms with Gasteiger partial charge in [-0.2, -0.15) is 0 Å². The van der Waals surface area contributed by atoms with Gasteiger partial charge in [-0.05, 0) is 18.6 Å². The van der Waals surface area contributed by atoms with Crippen molar-refractivity contribution in [1.82, 2.24) is 0 Å². The Hall–Kier alpha value is -1.42.